The number of aryl methyl sites for hydroxylation is 2. The number of hydrogen-bond donors (Lipinski definition) is 2. The lowest BCUT2D eigenvalue weighted by Gasteiger charge is -2.16. The van der Waals surface area contributed by atoms with E-state index in [1.165, 1.54) is 6.92 Å². The predicted molar refractivity (Wildman–Crippen MR) is 131 cm³/mol. The highest BCUT2D eigenvalue weighted by molar-refractivity contribution is 6.46. The summed E-state index contributed by atoms with van der Waals surface area (Å²) in [7, 11) is 0. The molecule has 0 aromatic heterocycles. The van der Waals surface area contributed by atoms with Gasteiger partial charge in [-0.05, 0) is 61.4 Å². The molecule has 0 radical (unpaired) electrons. The number of rotatable bonds is 5. The maximum Gasteiger partial charge on any atom is 0.282 e. The van der Waals surface area contributed by atoms with E-state index in [-0.39, 0.29) is 17.2 Å². The third-order valence-corrected chi connectivity index (χ3v) is 5.72. The average Bonchev–Trinajstić information content (AvgIpc) is 3.01. The molecule has 0 spiro atoms. The Morgan fingerprint density at radius 1 is 0.848 bits per heavy atom. The van der Waals surface area contributed by atoms with E-state index in [2.05, 4.69) is 10.6 Å². The zero-order valence-electron chi connectivity index (χ0n) is 18.4. The van der Waals surface area contributed by atoms with Crippen molar-refractivity contribution >= 4 is 52.0 Å². The van der Waals surface area contributed by atoms with Crippen molar-refractivity contribution in [3.8, 4) is 0 Å². The molecule has 0 fully saturated rings. The van der Waals surface area contributed by atoms with Crippen molar-refractivity contribution in [1.29, 1.82) is 0 Å². The van der Waals surface area contributed by atoms with Crippen molar-refractivity contribution in [2.75, 3.05) is 15.5 Å². The van der Waals surface area contributed by atoms with Crippen LogP contribution in [0.15, 0.2) is 72.4 Å². The molecule has 7 heteroatoms. The molecule has 0 bridgehead atoms. The molecule has 166 valence electrons. The van der Waals surface area contributed by atoms with Gasteiger partial charge in [0.25, 0.3) is 11.8 Å². The van der Waals surface area contributed by atoms with Gasteiger partial charge >= 0.3 is 0 Å². The minimum Gasteiger partial charge on any atom is -0.350 e. The Morgan fingerprint density at radius 2 is 1.48 bits per heavy atom. The molecule has 0 saturated heterocycles. The van der Waals surface area contributed by atoms with Gasteiger partial charge in [0, 0.05) is 23.3 Å². The lowest BCUT2D eigenvalue weighted by molar-refractivity contribution is -0.120. The Morgan fingerprint density at radius 3 is 2.09 bits per heavy atom. The van der Waals surface area contributed by atoms with Crippen LogP contribution in [-0.2, 0) is 14.4 Å². The number of carbonyl (C=O) groups excluding carboxylic acids is 3. The van der Waals surface area contributed by atoms with Crippen molar-refractivity contribution in [2.45, 2.75) is 20.8 Å². The van der Waals surface area contributed by atoms with Crippen molar-refractivity contribution in [3.05, 3.63) is 94.1 Å². The topological polar surface area (TPSA) is 78.5 Å². The monoisotopic (exact) mass is 459 g/mol. The third kappa shape index (κ3) is 4.52. The number of amides is 3. The van der Waals surface area contributed by atoms with Crippen LogP contribution in [0.2, 0.25) is 5.02 Å². The second-order valence-electron chi connectivity index (χ2n) is 7.88. The number of halogens is 1. The molecule has 2 N–H and O–H groups in total. The molecular weight excluding hydrogens is 438 g/mol. The summed E-state index contributed by atoms with van der Waals surface area (Å²) in [5, 5.41) is 6.34. The molecular formula is C26H22ClN3O3. The normalized spacial score (nSPS) is 13.5. The number of carbonyl (C=O) groups is 3. The molecule has 0 atom stereocenters. The fourth-order valence-corrected chi connectivity index (χ4v) is 3.76. The van der Waals surface area contributed by atoms with Gasteiger partial charge in [0.2, 0.25) is 5.91 Å². The second kappa shape index (κ2) is 8.92. The summed E-state index contributed by atoms with van der Waals surface area (Å²) < 4.78 is 0. The first-order chi connectivity index (χ1) is 15.7. The standard InChI is InChI=1S/C26H22ClN3O3/c1-15-4-7-18(8-5-15)23-24(29-20-9-6-16(2)22(27)14-20)26(33)30(25(23)32)21-12-10-19(11-13-21)28-17(3)31/h4-14,29H,1-3H3,(H,28,31). The first-order valence-corrected chi connectivity index (χ1v) is 10.7. The minimum atomic E-state index is -0.473. The maximum absolute atomic E-state index is 13.5. The SMILES string of the molecule is CC(=O)Nc1ccc(N2C(=O)C(Nc3ccc(C)c(Cl)c3)=C(c3ccc(C)cc3)C2=O)cc1. The van der Waals surface area contributed by atoms with Gasteiger partial charge in [-0.25, -0.2) is 4.90 Å². The Hall–Kier alpha value is -3.90. The van der Waals surface area contributed by atoms with Crippen LogP contribution in [0.5, 0.6) is 0 Å². The first-order valence-electron chi connectivity index (χ1n) is 10.4. The lowest BCUT2D eigenvalue weighted by Crippen LogP contribution is -2.32. The average molecular weight is 460 g/mol. The number of hydrogen-bond acceptors (Lipinski definition) is 4. The Labute approximate surface area is 196 Å². The second-order valence-corrected chi connectivity index (χ2v) is 8.29. The number of nitrogens with zero attached hydrogens (tertiary/aromatic N) is 1. The molecule has 4 rings (SSSR count). The van der Waals surface area contributed by atoms with Gasteiger partial charge in [-0.1, -0.05) is 47.5 Å². The van der Waals surface area contributed by atoms with Crippen LogP contribution in [0.3, 0.4) is 0 Å². The molecule has 3 aromatic carbocycles. The number of benzene rings is 3. The van der Waals surface area contributed by atoms with Crippen LogP contribution in [0, 0.1) is 13.8 Å². The predicted octanol–water partition coefficient (Wildman–Crippen LogP) is 5.31. The van der Waals surface area contributed by atoms with Crippen molar-refractivity contribution < 1.29 is 14.4 Å². The van der Waals surface area contributed by atoms with Crippen LogP contribution in [0.25, 0.3) is 5.57 Å². The highest BCUT2D eigenvalue weighted by Crippen LogP contribution is 2.35. The zero-order valence-corrected chi connectivity index (χ0v) is 19.2. The van der Waals surface area contributed by atoms with Crippen molar-refractivity contribution in [3.63, 3.8) is 0 Å². The quantitative estimate of drug-likeness (QED) is 0.507. The molecule has 1 aliphatic rings. The van der Waals surface area contributed by atoms with E-state index in [4.69, 9.17) is 11.6 Å². The number of anilines is 3. The Bertz CT molecular complexity index is 1300. The molecule has 1 heterocycles. The van der Waals surface area contributed by atoms with Gasteiger partial charge in [-0.3, -0.25) is 14.4 Å². The van der Waals surface area contributed by atoms with Crippen LogP contribution < -0.4 is 15.5 Å². The summed E-state index contributed by atoms with van der Waals surface area (Å²) in [5.41, 5.74) is 4.63. The highest BCUT2D eigenvalue weighted by atomic mass is 35.5. The van der Waals surface area contributed by atoms with Crippen LogP contribution >= 0.6 is 11.6 Å². The van der Waals surface area contributed by atoms with E-state index in [1.807, 2.05) is 50.2 Å². The van der Waals surface area contributed by atoms with Gasteiger partial charge < -0.3 is 10.6 Å². The van der Waals surface area contributed by atoms with Gasteiger partial charge in [0.15, 0.2) is 0 Å². The van der Waals surface area contributed by atoms with Gasteiger partial charge in [-0.2, -0.15) is 0 Å². The first kappa shape index (κ1) is 22.3. The van der Waals surface area contributed by atoms with E-state index >= 15 is 0 Å². The van der Waals surface area contributed by atoms with E-state index in [0.29, 0.717) is 27.6 Å². The largest absolute Gasteiger partial charge is 0.350 e. The van der Waals surface area contributed by atoms with Crippen LogP contribution in [-0.4, -0.2) is 17.7 Å². The van der Waals surface area contributed by atoms with Crippen LogP contribution in [0.4, 0.5) is 17.1 Å². The summed E-state index contributed by atoms with van der Waals surface area (Å²) in [4.78, 5) is 39.4. The number of nitrogens with one attached hydrogen (secondary N) is 2. The molecule has 6 nitrogen and oxygen atoms in total. The van der Waals surface area contributed by atoms with E-state index in [9.17, 15) is 14.4 Å². The summed E-state index contributed by atoms with van der Waals surface area (Å²) in [6, 6.07) is 19.4. The van der Waals surface area contributed by atoms with E-state index < -0.39 is 11.8 Å². The molecule has 33 heavy (non-hydrogen) atoms. The van der Waals surface area contributed by atoms with Crippen molar-refractivity contribution in [1.82, 2.24) is 0 Å². The smallest absolute Gasteiger partial charge is 0.282 e. The fourth-order valence-electron chi connectivity index (χ4n) is 3.58. The van der Waals surface area contributed by atoms with E-state index in [1.54, 1.807) is 30.3 Å². The molecule has 3 amide bonds. The van der Waals surface area contributed by atoms with Gasteiger partial charge in [-0.15, -0.1) is 0 Å². The molecule has 0 aliphatic carbocycles. The summed E-state index contributed by atoms with van der Waals surface area (Å²) in [5.74, 6) is -1.11. The molecule has 0 unspecified atom stereocenters. The summed E-state index contributed by atoms with van der Waals surface area (Å²) in [6.07, 6.45) is 0. The Balaban J connectivity index is 1.76. The molecule has 3 aromatic rings. The number of imide groups is 1. The highest BCUT2D eigenvalue weighted by Gasteiger charge is 2.40. The Kier molecular flexibility index (Phi) is 6.03. The maximum atomic E-state index is 13.5. The third-order valence-electron chi connectivity index (χ3n) is 5.31. The molecule has 0 saturated carbocycles. The van der Waals surface area contributed by atoms with Crippen LogP contribution in [0.1, 0.15) is 23.6 Å². The van der Waals surface area contributed by atoms with Gasteiger partial charge in [0.05, 0.1) is 11.3 Å². The van der Waals surface area contributed by atoms with Crippen molar-refractivity contribution in [2.24, 2.45) is 0 Å². The fraction of sp³-hybridized carbons (Fsp3) is 0.115. The van der Waals surface area contributed by atoms with Gasteiger partial charge in [0.1, 0.15) is 5.70 Å². The minimum absolute atomic E-state index is 0.176. The summed E-state index contributed by atoms with van der Waals surface area (Å²) >= 11 is 6.26. The lowest BCUT2D eigenvalue weighted by atomic mass is 10.0. The molecule has 1 aliphatic heterocycles. The zero-order chi connectivity index (χ0) is 23.7. The summed E-state index contributed by atoms with van der Waals surface area (Å²) in [6.45, 7) is 5.25. The van der Waals surface area contributed by atoms with E-state index in [0.717, 1.165) is 16.0 Å².